The minimum absolute atomic E-state index is 0.632. The minimum Gasteiger partial charge on any atom is -0.370 e. The third-order valence-corrected chi connectivity index (χ3v) is 4.61. The highest BCUT2D eigenvalue weighted by Crippen LogP contribution is 2.19. The summed E-state index contributed by atoms with van der Waals surface area (Å²) in [6, 6.07) is 9.98. The van der Waals surface area contributed by atoms with Gasteiger partial charge in [0.2, 0.25) is 0 Å². The first-order chi connectivity index (χ1) is 11.6. The Morgan fingerprint density at radius 2 is 1.88 bits per heavy atom. The lowest BCUT2D eigenvalue weighted by Gasteiger charge is -2.36. The molecule has 1 saturated heterocycles. The number of rotatable bonds is 4. The number of nitrogens with two attached hydrogens (primary N) is 1. The van der Waals surface area contributed by atoms with Gasteiger partial charge in [-0.05, 0) is 30.3 Å². The molecular weight excluding hydrogens is 324 g/mol. The Bertz CT molecular complexity index is 685. The summed E-state index contributed by atoms with van der Waals surface area (Å²) in [5.41, 5.74) is 8.51. The molecule has 0 atom stereocenters. The van der Waals surface area contributed by atoms with Gasteiger partial charge in [0.05, 0.1) is 0 Å². The normalized spacial score (nSPS) is 15.8. The zero-order chi connectivity index (χ0) is 16.9. The topological polar surface area (TPSA) is 62.7 Å². The van der Waals surface area contributed by atoms with E-state index in [0.717, 1.165) is 37.6 Å². The molecule has 0 saturated carbocycles. The summed E-state index contributed by atoms with van der Waals surface area (Å²) in [5, 5.41) is 4.93. The van der Waals surface area contributed by atoms with Crippen molar-refractivity contribution in [2.45, 2.75) is 6.42 Å². The van der Waals surface area contributed by atoms with Crippen molar-refractivity contribution < 1.29 is 0 Å². The SMILES string of the molecule is Cn1nccc1CCN=C(N)N1CCN(c2ccc(Cl)cc2)CC1. The van der Waals surface area contributed by atoms with E-state index in [1.807, 2.05) is 29.9 Å². The molecule has 1 aromatic carbocycles. The van der Waals surface area contributed by atoms with Crippen LogP contribution in [0.3, 0.4) is 0 Å². The van der Waals surface area contributed by atoms with Crippen LogP contribution in [0.2, 0.25) is 5.02 Å². The van der Waals surface area contributed by atoms with Gasteiger partial charge in [0.25, 0.3) is 0 Å². The lowest BCUT2D eigenvalue weighted by Crippen LogP contribution is -2.51. The van der Waals surface area contributed by atoms with Crippen LogP contribution in [0.4, 0.5) is 5.69 Å². The van der Waals surface area contributed by atoms with Crippen LogP contribution in [-0.4, -0.2) is 53.4 Å². The van der Waals surface area contributed by atoms with E-state index in [1.54, 1.807) is 6.20 Å². The predicted molar refractivity (Wildman–Crippen MR) is 98.6 cm³/mol. The van der Waals surface area contributed by atoms with Gasteiger partial charge in [0.15, 0.2) is 5.96 Å². The molecule has 1 aliphatic rings. The summed E-state index contributed by atoms with van der Waals surface area (Å²) in [4.78, 5) is 9.01. The van der Waals surface area contributed by atoms with Gasteiger partial charge in [-0.1, -0.05) is 11.6 Å². The van der Waals surface area contributed by atoms with Crippen molar-refractivity contribution in [3.63, 3.8) is 0 Å². The second kappa shape index (κ2) is 7.57. The first-order valence-electron chi connectivity index (χ1n) is 8.16. The highest BCUT2D eigenvalue weighted by molar-refractivity contribution is 6.30. The maximum absolute atomic E-state index is 6.15. The first kappa shape index (κ1) is 16.6. The number of aliphatic imine (C=N–C) groups is 1. The van der Waals surface area contributed by atoms with Crippen LogP contribution in [0.1, 0.15) is 5.69 Å². The molecule has 1 aliphatic heterocycles. The van der Waals surface area contributed by atoms with Gasteiger partial charge in [-0.15, -0.1) is 0 Å². The van der Waals surface area contributed by atoms with E-state index < -0.39 is 0 Å². The Morgan fingerprint density at radius 3 is 2.50 bits per heavy atom. The fourth-order valence-corrected chi connectivity index (χ4v) is 3.00. The Hall–Kier alpha value is -2.21. The maximum Gasteiger partial charge on any atom is 0.191 e. The van der Waals surface area contributed by atoms with Crippen molar-refractivity contribution in [1.82, 2.24) is 14.7 Å². The van der Waals surface area contributed by atoms with Gasteiger partial charge in [0.1, 0.15) is 0 Å². The number of halogens is 1. The van der Waals surface area contributed by atoms with Crippen LogP contribution in [0, 0.1) is 0 Å². The molecule has 1 aromatic heterocycles. The van der Waals surface area contributed by atoms with Crippen molar-refractivity contribution in [2.24, 2.45) is 17.8 Å². The van der Waals surface area contributed by atoms with E-state index in [2.05, 4.69) is 32.0 Å². The van der Waals surface area contributed by atoms with E-state index in [-0.39, 0.29) is 0 Å². The predicted octanol–water partition coefficient (Wildman–Crippen LogP) is 1.75. The Balaban J connectivity index is 1.49. The van der Waals surface area contributed by atoms with Crippen molar-refractivity contribution in [3.05, 3.63) is 47.2 Å². The summed E-state index contributed by atoms with van der Waals surface area (Å²) < 4.78 is 1.87. The van der Waals surface area contributed by atoms with E-state index >= 15 is 0 Å². The molecule has 0 bridgehead atoms. The third-order valence-electron chi connectivity index (χ3n) is 4.36. The molecule has 24 heavy (non-hydrogen) atoms. The fraction of sp³-hybridized carbons (Fsp3) is 0.412. The molecule has 0 unspecified atom stereocenters. The number of hydrogen-bond acceptors (Lipinski definition) is 3. The molecule has 128 valence electrons. The lowest BCUT2D eigenvalue weighted by atomic mass is 10.2. The first-order valence-corrected chi connectivity index (χ1v) is 8.53. The molecule has 0 amide bonds. The Morgan fingerprint density at radius 1 is 1.17 bits per heavy atom. The molecule has 6 nitrogen and oxygen atoms in total. The van der Waals surface area contributed by atoms with Crippen molar-refractivity contribution >= 4 is 23.2 Å². The van der Waals surface area contributed by atoms with Gasteiger partial charge in [-0.2, -0.15) is 5.10 Å². The molecule has 2 N–H and O–H groups in total. The minimum atomic E-state index is 0.632. The number of benzene rings is 1. The van der Waals surface area contributed by atoms with E-state index in [4.69, 9.17) is 17.3 Å². The van der Waals surface area contributed by atoms with Gasteiger partial charge in [0, 0.05) is 68.8 Å². The van der Waals surface area contributed by atoms with E-state index in [0.29, 0.717) is 12.5 Å². The Kier molecular flexibility index (Phi) is 5.25. The van der Waals surface area contributed by atoms with Crippen molar-refractivity contribution in [3.8, 4) is 0 Å². The molecule has 2 aromatic rings. The third kappa shape index (κ3) is 4.00. The number of piperazine rings is 1. The van der Waals surface area contributed by atoms with Crippen LogP contribution in [-0.2, 0) is 13.5 Å². The molecule has 7 heteroatoms. The summed E-state index contributed by atoms with van der Waals surface area (Å²) in [7, 11) is 1.94. The number of nitrogens with zero attached hydrogens (tertiary/aromatic N) is 5. The average molecular weight is 347 g/mol. The van der Waals surface area contributed by atoms with Crippen LogP contribution in [0.25, 0.3) is 0 Å². The summed E-state index contributed by atoms with van der Waals surface area (Å²) in [6.07, 6.45) is 2.65. The van der Waals surface area contributed by atoms with Crippen molar-refractivity contribution in [2.75, 3.05) is 37.6 Å². The maximum atomic E-state index is 6.15. The van der Waals surface area contributed by atoms with Crippen LogP contribution in [0.5, 0.6) is 0 Å². The molecule has 0 spiro atoms. The standard InChI is InChI=1S/C17H23ClN6/c1-22-15(7-9-21-22)6-8-20-17(19)24-12-10-23(11-13-24)16-4-2-14(18)3-5-16/h2-5,7,9H,6,8,10-13H2,1H3,(H2,19,20). The second-order valence-electron chi connectivity index (χ2n) is 5.89. The van der Waals surface area contributed by atoms with Gasteiger partial charge in [-0.25, -0.2) is 0 Å². The largest absolute Gasteiger partial charge is 0.370 e. The second-order valence-corrected chi connectivity index (χ2v) is 6.32. The van der Waals surface area contributed by atoms with E-state index in [1.165, 1.54) is 11.4 Å². The Labute approximate surface area is 147 Å². The highest BCUT2D eigenvalue weighted by atomic mass is 35.5. The van der Waals surface area contributed by atoms with E-state index in [9.17, 15) is 0 Å². The van der Waals surface area contributed by atoms with Gasteiger partial charge in [-0.3, -0.25) is 9.67 Å². The summed E-state index contributed by atoms with van der Waals surface area (Å²) in [5.74, 6) is 0.632. The van der Waals surface area contributed by atoms with Crippen LogP contribution >= 0.6 is 11.6 Å². The lowest BCUT2D eigenvalue weighted by molar-refractivity contribution is 0.381. The highest BCUT2D eigenvalue weighted by Gasteiger charge is 2.18. The molecule has 0 radical (unpaired) electrons. The number of aryl methyl sites for hydroxylation is 1. The summed E-state index contributed by atoms with van der Waals surface area (Å²) in [6.45, 7) is 4.30. The zero-order valence-electron chi connectivity index (χ0n) is 13.9. The molecule has 1 fully saturated rings. The number of aromatic nitrogens is 2. The number of guanidine groups is 1. The number of anilines is 1. The zero-order valence-corrected chi connectivity index (χ0v) is 14.7. The van der Waals surface area contributed by atoms with Crippen LogP contribution < -0.4 is 10.6 Å². The van der Waals surface area contributed by atoms with Crippen LogP contribution in [0.15, 0.2) is 41.5 Å². The van der Waals surface area contributed by atoms with Gasteiger partial charge < -0.3 is 15.5 Å². The molecule has 3 rings (SSSR count). The number of hydrogen-bond donors (Lipinski definition) is 1. The summed E-state index contributed by atoms with van der Waals surface area (Å²) >= 11 is 5.95. The van der Waals surface area contributed by atoms with Crippen molar-refractivity contribution in [1.29, 1.82) is 0 Å². The van der Waals surface area contributed by atoms with Gasteiger partial charge >= 0.3 is 0 Å². The quantitative estimate of drug-likeness (QED) is 0.676. The monoisotopic (exact) mass is 346 g/mol. The smallest absolute Gasteiger partial charge is 0.191 e. The average Bonchev–Trinajstić information content (AvgIpc) is 3.01. The fourth-order valence-electron chi connectivity index (χ4n) is 2.88. The molecular formula is C17H23ClN6. The molecule has 0 aliphatic carbocycles. The molecule has 2 heterocycles.